The first kappa shape index (κ1) is 24.1. The van der Waals surface area contributed by atoms with Gasteiger partial charge in [0.15, 0.2) is 0 Å². The van der Waals surface area contributed by atoms with Crippen LogP contribution in [0, 0.1) is 11.3 Å². The number of nitriles is 1. The molecule has 2 heterocycles. The van der Waals surface area contributed by atoms with E-state index in [-0.39, 0.29) is 0 Å². The maximum atomic E-state index is 10.6. The molecule has 174 valence electrons. The summed E-state index contributed by atoms with van der Waals surface area (Å²) < 4.78 is 31.7. The molecule has 0 atom stereocenters. The molecular formula is C24H25F3N4O2. The molecule has 1 saturated heterocycles. The predicted octanol–water partition coefficient (Wildman–Crippen LogP) is 4.47. The lowest BCUT2D eigenvalue weighted by atomic mass is 10.0. The van der Waals surface area contributed by atoms with Gasteiger partial charge in [-0.25, -0.2) is 4.79 Å². The van der Waals surface area contributed by atoms with Crippen molar-refractivity contribution in [3.63, 3.8) is 0 Å². The molecular weight excluding hydrogens is 433 g/mol. The third-order valence-corrected chi connectivity index (χ3v) is 5.56. The van der Waals surface area contributed by atoms with Crippen LogP contribution in [0.4, 0.5) is 18.9 Å². The molecule has 1 aliphatic heterocycles. The van der Waals surface area contributed by atoms with Gasteiger partial charge in [0, 0.05) is 36.5 Å². The Hall–Kier alpha value is -3.51. The van der Waals surface area contributed by atoms with Gasteiger partial charge in [-0.1, -0.05) is 6.07 Å². The lowest BCUT2D eigenvalue weighted by Gasteiger charge is -2.34. The second kappa shape index (κ2) is 10.9. The third kappa shape index (κ3) is 6.99. The van der Waals surface area contributed by atoms with Crippen molar-refractivity contribution in [3.8, 4) is 6.07 Å². The van der Waals surface area contributed by atoms with E-state index in [0.29, 0.717) is 6.04 Å². The number of piperidine rings is 1. The van der Waals surface area contributed by atoms with Crippen LogP contribution in [0.15, 0.2) is 54.7 Å². The molecule has 9 heteroatoms. The standard InChI is InChI=1S/C22H24N4.C2HF3O2/c23-16-18-1-4-21(5-2-18)26-13-9-20(10-14-26)24-11-7-17-3-6-22-19(15-17)8-12-25-22;3-2(4,5)1(6)7/h1-6,8,12,15,20,24-25H,7,9-11,13-14H2;(H,6,7). The van der Waals surface area contributed by atoms with Gasteiger partial charge in [-0.2, -0.15) is 18.4 Å². The van der Waals surface area contributed by atoms with E-state index < -0.39 is 12.1 Å². The fourth-order valence-corrected chi connectivity index (χ4v) is 3.77. The minimum atomic E-state index is -5.08. The predicted molar refractivity (Wildman–Crippen MR) is 120 cm³/mol. The van der Waals surface area contributed by atoms with Crippen molar-refractivity contribution in [1.82, 2.24) is 10.3 Å². The summed E-state index contributed by atoms with van der Waals surface area (Å²) in [5.74, 6) is -2.76. The number of nitrogens with zero attached hydrogens (tertiary/aromatic N) is 2. The van der Waals surface area contributed by atoms with Gasteiger partial charge in [0.25, 0.3) is 0 Å². The fourth-order valence-electron chi connectivity index (χ4n) is 3.77. The molecule has 6 nitrogen and oxygen atoms in total. The van der Waals surface area contributed by atoms with E-state index in [1.54, 1.807) is 0 Å². The summed E-state index contributed by atoms with van der Waals surface area (Å²) >= 11 is 0. The molecule has 4 rings (SSSR count). The number of aliphatic carboxylic acids is 1. The Morgan fingerprint density at radius 3 is 2.42 bits per heavy atom. The number of benzene rings is 2. The average Bonchev–Trinajstić information content (AvgIpc) is 3.27. The van der Waals surface area contributed by atoms with E-state index in [1.165, 1.54) is 22.2 Å². The summed E-state index contributed by atoms with van der Waals surface area (Å²) in [7, 11) is 0. The number of nitrogens with one attached hydrogen (secondary N) is 2. The number of hydrogen-bond donors (Lipinski definition) is 3. The van der Waals surface area contributed by atoms with Crippen LogP contribution in [0.5, 0.6) is 0 Å². The molecule has 1 aromatic heterocycles. The number of aromatic nitrogens is 1. The summed E-state index contributed by atoms with van der Waals surface area (Å²) in [4.78, 5) is 14.6. The summed E-state index contributed by atoms with van der Waals surface area (Å²) in [6, 6.07) is 19.5. The van der Waals surface area contributed by atoms with E-state index in [2.05, 4.69) is 57.7 Å². The van der Waals surface area contributed by atoms with Gasteiger partial charge in [-0.3, -0.25) is 0 Å². The number of aromatic amines is 1. The van der Waals surface area contributed by atoms with Crippen LogP contribution in [0.2, 0.25) is 0 Å². The van der Waals surface area contributed by atoms with Gasteiger partial charge >= 0.3 is 12.1 Å². The van der Waals surface area contributed by atoms with Crippen molar-refractivity contribution < 1.29 is 23.1 Å². The van der Waals surface area contributed by atoms with E-state index >= 15 is 0 Å². The normalized spacial score (nSPS) is 14.4. The Balaban J connectivity index is 0.000000383. The van der Waals surface area contributed by atoms with Crippen LogP contribution in [-0.2, 0) is 11.2 Å². The highest BCUT2D eigenvalue weighted by atomic mass is 19.4. The molecule has 0 amide bonds. The number of halogens is 3. The molecule has 1 aliphatic rings. The van der Waals surface area contributed by atoms with Gasteiger partial charge in [-0.15, -0.1) is 0 Å². The lowest BCUT2D eigenvalue weighted by Crippen LogP contribution is -2.43. The highest BCUT2D eigenvalue weighted by molar-refractivity contribution is 5.79. The molecule has 0 unspecified atom stereocenters. The Labute approximate surface area is 189 Å². The second-order valence-electron chi connectivity index (χ2n) is 7.83. The molecule has 0 aliphatic carbocycles. The number of carboxylic acids is 1. The average molecular weight is 458 g/mol. The van der Waals surface area contributed by atoms with Crippen molar-refractivity contribution in [2.75, 3.05) is 24.5 Å². The summed E-state index contributed by atoms with van der Waals surface area (Å²) in [6.07, 6.45) is 0.305. The number of carboxylic acid groups (broad SMARTS) is 1. The SMILES string of the molecule is N#Cc1ccc(N2CCC(NCCc3ccc4[nH]ccc4c3)CC2)cc1.O=C(O)C(F)(F)F. The van der Waals surface area contributed by atoms with Crippen LogP contribution >= 0.6 is 0 Å². The molecule has 3 N–H and O–H groups in total. The lowest BCUT2D eigenvalue weighted by molar-refractivity contribution is -0.192. The van der Waals surface area contributed by atoms with Crippen molar-refractivity contribution in [1.29, 1.82) is 5.26 Å². The zero-order valence-corrected chi connectivity index (χ0v) is 17.9. The number of fused-ring (bicyclic) bond motifs is 1. The number of carbonyl (C=O) groups is 1. The van der Waals surface area contributed by atoms with Gasteiger partial charge in [0.05, 0.1) is 11.6 Å². The minimum absolute atomic E-state index is 0.598. The molecule has 1 fully saturated rings. The Bertz CT molecular complexity index is 1100. The molecule has 0 spiro atoms. The van der Waals surface area contributed by atoms with Crippen molar-refractivity contribution >= 4 is 22.6 Å². The molecule has 2 aromatic carbocycles. The molecule has 33 heavy (non-hydrogen) atoms. The molecule has 3 aromatic rings. The monoisotopic (exact) mass is 458 g/mol. The van der Waals surface area contributed by atoms with Crippen LogP contribution in [0.1, 0.15) is 24.0 Å². The topological polar surface area (TPSA) is 92.2 Å². The van der Waals surface area contributed by atoms with Gasteiger partial charge < -0.3 is 20.3 Å². The first-order chi connectivity index (χ1) is 15.8. The summed E-state index contributed by atoms with van der Waals surface area (Å²) in [5.41, 5.74) is 4.54. The quantitative estimate of drug-likeness (QED) is 0.525. The minimum Gasteiger partial charge on any atom is -0.475 e. The smallest absolute Gasteiger partial charge is 0.475 e. The maximum absolute atomic E-state index is 10.6. The van der Waals surface area contributed by atoms with E-state index in [0.717, 1.165) is 44.5 Å². The summed E-state index contributed by atoms with van der Waals surface area (Å²) in [5, 5.41) is 21.0. The highest BCUT2D eigenvalue weighted by Crippen LogP contribution is 2.21. The first-order valence-electron chi connectivity index (χ1n) is 10.6. The van der Waals surface area contributed by atoms with Crippen molar-refractivity contribution in [3.05, 3.63) is 65.9 Å². The van der Waals surface area contributed by atoms with E-state index in [4.69, 9.17) is 15.2 Å². The molecule has 0 radical (unpaired) electrons. The van der Waals surface area contributed by atoms with Crippen LogP contribution < -0.4 is 10.2 Å². The number of H-pyrrole nitrogens is 1. The number of anilines is 1. The summed E-state index contributed by atoms with van der Waals surface area (Å²) in [6.45, 7) is 3.16. The largest absolute Gasteiger partial charge is 0.490 e. The Morgan fingerprint density at radius 1 is 1.15 bits per heavy atom. The second-order valence-corrected chi connectivity index (χ2v) is 7.83. The number of hydrogen-bond acceptors (Lipinski definition) is 4. The molecule has 0 bridgehead atoms. The van der Waals surface area contributed by atoms with Gasteiger partial charge in [0.2, 0.25) is 0 Å². The van der Waals surface area contributed by atoms with Crippen molar-refractivity contribution in [2.24, 2.45) is 0 Å². The van der Waals surface area contributed by atoms with Gasteiger partial charge in [0.1, 0.15) is 0 Å². The highest BCUT2D eigenvalue weighted by Gasteiger charge is 2.38. The van der Waals surface area contributed by atoms with E-state index in [1.807, 2.05) is 18.3 Å². The van der Waals surface area contributed by atoms with E-state index in [9.17, 15) is 13.2 Å². The van der Waals surface area contributed by atoms with Crippen LogP contribution in [0.25, 0.3) is 10.9 Å². The molecule has 0 saturated carbocycles. The van der Waals surface area contributed by atoms with Crippen LogP contribution in [-0.4, -0.2) is 47.9 Å². The van der Waals surface area contributed by atoms with Gasteiger partial charge in [-0.05, 0) is 79.2 Å². The fraction of sp³-hybridized carbons (Fsp3) is 0.333. The zero-order chi connectivity index (χ0) is 23.8. The third-order valence-electron chi connectivity index (χ3n) is 5.56. The Kier molecular flexibility index (Phi) is 7.96. The first-order valence-corrected chi connectivity index (χ1v) is 10.6. The maximum Gasteiger partial charge on any atom is 0.490 e. The van der Waals surface area contributed by atoms with Crippen LogP contribution in [0.3, 0.4) is 0 Å². The van der Waals surface area contributed by atoms with Crippen molar-refractivity contribution in [2.45, 2.75) is 31.5 Å². The number of rotatable bonds is 5. The number of alkyl halides is 3. The zero-order valence-electron chi connectivity index (χ0n) is 17.9. The Morgan fingerprint density at radius 2 is 1.82 bits per heavy atom.